The van der Waals surface area contributed by atoms with Gasteiger partial charge in [-0.1, -0.05) is 26.8 Å². The van der Waals surface area contributed by atoms with E-state index in [-0.39, 0.29) is 23.6 Å². The number of rotatable bonds is 3. The number of hydrogen-bond donors (Lipinski definition) is 1. The molecule has 1 amide bonds. The molecule has 2 aromatic rings. The van der Waals surface area contributed by atoms with Crippen LogP contribution in [0.1, 0.15) is 49.3 Å². The molecule has 1 atom stereocenters. The minimum absolute atomic E-state index is 0.191. The summed E-state index contributed by atoms with van der Waals surface area (Å²) in [6.07, 6.45) is -3.40. The van der Waals surface area contributed by atoms with Crippen LogP contribution in [0, 0.1) is 5.82 Å². The number of amides is 1. The molecule has 1 aromatic heterocycles. The van der Waals surface area contributed by atoms with Gasteiger partial charge >= 0.3 is 6.18 Å². The number of nitrogens with zero attached hydrogens (tertiary/aromatic N) is 3. The summed E-state index contributed by atoms with van der Waals surface area (Å²) in [4.78, 5) is 22.1. The molecule has 0 saturated carbocycles. The first-order chi connectivity index (χ1) is 14.3. The van der Waals surface area contributed by atoms with Gasteiger partial charge < -0.3 is 0 Å². The second-order valence-corrected chi connectivity index (χ2v) is 8.43. The predicted molar refractivity (Wildman–Crippen MR) is 105 cm³/mol. The van der Waals surface area contributed by atoms with Gasteiger partial charge in [-0.25, -0.2) is 4.39 Å². The average molecular weight is 440 g/mol. The van der Waals surface area contributed by atoms with Crippen LogP contribution < -0.4 is 11.0 Å². The highest BCUT2D eigenvalue weighted by atomic mass is 19.4. The van der Waals surface area contributed by atoms with Crippen molar-refractivity contribution in [3.63, 3.8) is 0 Å². The number of carbonyl (C=O) groups is 1. The van der Waals surface area contributed by atoms with E-state index in [9.17, 15) is 22.4 Å². The maximum absolute atomic E-state index is 14.4. The molecule has 1 unspecified atom stereocenters. The summed E-state index contributed by atoms with van der Waals surface area (Å²) < 4.78 is 56.9. The summed E-state index contributed by atoms with van der Waals surface area (Å²) in [6.45, 7) is 8.04. The second kappa shape index (κ2) is 7.99. The van der Waals surface area contributed by atoms with Crippen molar-refractivity contribution in [2.75, 3.05) is 0 Å². The lowest BCUT2D eigenvalue weighted by Gasteiger charge is -2.21. The standard InChI is InChI=1S/C21H24F4N4O2/c1-12-9-13(31-27-12)11-29-17(10-16(28(29)5)20(2,3)4)26-19(30)14-7-6-8-15(18(14)22)21(23,24)25/h6-10,13,27H,11H2,1-5H3. The van der Waals surface area contributed by atoms with Crippen molar-refractivity contribution < 1.29 is 27.2 Å². The zero-order chi connectivity index (χ0) is 23.1. The summed E-state index contributed by atoms with van der Waals surface area (Å²) in [6, 6.07) is 4.23. The Morgan fingerprint density at radius 2 is 1.94 bits per heavy atom. The van der Waals surface area contributed by atoms with Gasteiger partial charge in [0.05, 0.1) is 17.7 Å². The number of aromatic nitrogens is 2. The Bertz CT molecular complexity index is 1100. The Hall–Kier alpha value is -2.88. The molecule has 0 radical (unpaired) electrons. The summed E-state index contributed by atoms with van der Waals surface area (Å²) in [5.41, 5.74) is 2.04. The molecule has 6 nitrogen and oxygen atoms in total. The first-order valence-corrected chi connectivity index (χ1v) is 9.61. The van der Waals surface area contributed by atoms with Crippen molar-refractivity contribution in [2.45, 2.75) is 51.9 Å². The summed E-state index contributed by atoms with van der Waals surface area (Å²) in [5.74, 6) is -2.73. The Kier molecular flexibility index (Phi) is 5.88. The number of carbonyl (C=O) groups excluding carboxylic acids is 1. The van der Waals surface area contributed by atoms with Gasteiger partial charge in [0.1, 0.15) is 11.9 Å². The molecule has 1 aliphatic rings. The molecule has 0 fully saturated rings. The molecule has 3 rings (SSSR count). The van der Waals surface area contributed by atoms with Gasteiger partial charge in [0.25, 0.3) is 5.91 Å². The van der Waals surface area contributed by atoms with Crippen molar-refractivity contribution in [3.05, 3.63) is 64.2 Å². The van der Waals surface area contributed by atoms with E-state index in [2.05, 4.69) is 10.5 Å². The zero-order valence-corrected chi connectivity index (χ0v) is 17.8. The maximum Gasteiger partial charge on any atom is 0.419 e. The first kappa shape index (κ1) is 22.8. The lowest BCUT2D eigenvalue weighted by atomic mass is 9.92. The normalized spacial score (nSPS) is 17.6. The predicted octanol–water partition coefficient (Wildman–Crippen LogP) is 3.83. The van der Waals surface area contributed by atoms with Crippen LogP contribution in [0.2, 0.25) is 0 Å². The average Bonchev–Trinajstić information content (AvgIpc) is 3.18. The third-order valence-electron chi connectivity index (χ3n) is 4.92. The molecule has 2 heterocycles. The van der Waals surface area contributed by atoms with E-state index in [0.29, 0.717) is 6.07 Å². The lowest BCUT2D eigenvalue weighted by molar-refractivity contribution is -0.140. The van der Waals surface area contributed by atoms with Crippen LogP contribution in [0.25, 0.3) is 0 Å². The van der Waals surface area contributed by atoms with Crippen LogP contribution in [0.4, 0.5) is 17.6 Å². The fraction of sp³-hybridized carbons (Fsp3) is 0.429. The van der Waals surface area contributed by atoms with Gasteiger partial charge in [-0.15, -0.1) is 0 Å². The van der Waals surface area contributed by atoms with Gasteiger partial charge in [-0.2, -0.15) is 18.2 Å². The minimum Gasteiger partial charge on any atom is -0.290 e. The quantitative estimate of drug-likeness (QED) is 0.738. The summed E-state index contributed by atoms with van der Waals surface area (Å²) >= 11 is 0. The molecular weight excluding hydrogens is 416 g/mol. The molecule has 0 spiro atoms. The molecule has 1 aliphatic heterocycles. The largest absolute Gasteiger partial charge is 0.419 e. The highest BCUT2D eigenvalue weighted by Crippen LogP contribution is 2.32. The molecule has 0 saturated heterocycles. The van der Waals surface area contributed by atoms with Crippen molar-refractivity contribution in [2.24, 2.45) is 12.0 Å². The van der Waals surface area contributed by atoms with Gasteiger partial charge in [0.15, 0.2) is 5.49 Å². The zero-order valence-electron chi connectivity index (χ0n) is 17.8. The highest BCUT2D eigenvalue weighted by Gasteiger charge is 2.35. The molecule has 1 aromatic carbocycles. The Balaban J connectivity index is 2.10. The lowest BCUT2D eigenvalue weighted by Crippen LogP contribution is -2.31. The van der Waals surface area contributed by atoms with E-state index < -0.39 is 29.0 Å². The third kappa shape index (κ3) is 4.73. The number of hydrogen-bond acceptors (Lipinski definition) is 3. The van der Waals surface area contributed by atoms with Crippen molar-refractivity contribution >= 4 is 5.91 Å². The van der Waals surface area contributed by atoms with E-state index in [1.54, 1.807) is 22.5 Å². The van der Waals surface area contributed by atoms with Crippen molar-refractivity contribution in [3.8, 4) is 0 Å². The van der Waals surface area contributed by atoms with E-state index in [4.69, 9.17) is 4.84 Å². The van der Waals surface area contributed by atoms with Gasteiger partial charge in [-0.3, -0.25) is 24.5 Å². The smallest absolute Gasteiger partial charge is 0.290 e. The topological polar surface area (TPSA) is 60.5 Å². The molecular formula is C21H24F4N4O2. The molecule has 0 bridgehead atoms. The van der Waals surface area contributed by atoms with E-state index in [1.807, 2.05) is 33.8 Å². The fourth-order valence-corrected chi connectivity index (χ4v) is 3.44. The third-order valence-corrected chi connectivity index (χ3v) is 4.92. The van der Waals surface area contributed by atoms with Crippen LogP contribution in [0.3, 0.4) is 0 Å². The van der Waals surface area contributed by atoms with Crippen LogP contribution in [0.5, 0.6) is 0 Å². The van der Waals surface area contributed by atoms with Crippen LogP contribution in [-0.4, -0.2) is 21.4 Å². The molecule has 168 valence electrons. The Labute approximate surface area is 176 Å². The monoisotopic (exact) mass is 440 g/mol. The van der Waals surface area contributed by atoms with Gasteiger partial charge in [0, 0.05) is 29.9 Å². The highest BCUT2D eigenvalue weighted by molar-refractivity contribution is 5.95. The Morgan fingerprint density at radius 1 is 1.26 bits per heavy atom. The molecule has 31 heavy (non-hydrogen) atoms. The second-order valence-electron chi connectivity index (χ2n) is 8.43. The number of halogens is 4. The molecule has 0 aliphatic carbocycles. The van der Waals surface area contributed by atoms with E-state index in [0.717, 1.165) is 23.5 Å². The van der Waals surface area contributed by atoms with Crippen LogP contribution >= 0.6 is 0 Å². The summed E-state index contributed by atoms with van der Waals surface area (Å²) in [7, 11) is 1.79. The number of nitrogens with one attached hydrogen (secondary N) is 1. The SMILES string of the molecule is CC1=CC(Cn2c(=NC(=O)c3cccc(C(F)(F)F)c3F)cc(C(C)(C)C)n2C)ON1. The van der Waals surface area contributed by atoms with Gasteiger partial charge in [-0.05, 0) is 25.1 Å². The summed E-state index contributed by atoms with van der Waals surface area (Å²) in [5, 5.41) is 0. The molecule has 10 heteroatoms. The minimum atomic E-state index is -4.91. The van der Waals surface area contributed by atoms with Crippen molar-refractivity contribution in [1.82, 2.24) is 14.8 Å². The number of benzene rings is 1. The van der Waals surface area contributed by atoms with Crippen LogP contribution in [-0.2, 0) is 30.0 Å². The van der Waals surface area contributed by atoms with E-state index >= 15 is 0 Å². The number of hydroxylamine groups is 1. The van der Waals surface area contributed by atoms with Crippen molar-refractivity contribution in [1.29, 1.82) is 0 Å². The maximum atomic E-state index is 14.4. The number of alkyl halides is 3. The van der Waals surface area contributed by atoms with Crippen LogP contribution in [0.15, 0.2) is 41.0 Å². The van der Waals surface area contributed by atoms with E-state index in [1.165, 1.54) is 0 Å². The number of allylic oxidation sites excluding steroid dienone is 1. The molecule has 1 N–H and O–H groups in total. The first-order valence-electron chi connectivity index (χ1n) is 9.61. The fourth-order valence-electron chi connectivity index (χ4n) is 3.44. The Morgan fingerprint density at radius 3 is 2.48 bits per heavy atom. The van der Waals surface area contributed by atoms with Gasteiger partial charge in [0.2, 0.25) is 0 Å².